The number of thiazole rings is 1. The summed E-state index contributed by atoms with van der Waals surface area (Å²) in [6, 6.07) is 10.7. The topological polar surface area (TPSA) is 82.4 Å². The zero-order valence-electron chi connectivity index (χ0n) is 24.7. The number of carbonyl (C=O) groups is 1. The normalized spacial score (nSPS) is 15.7. The van der Waals surface area contributed by atoms with Gasteiger partial charge in [0, 0.05) is 28.7 Å². The third-order valence-corrected chi connectivity index (χ3v) is 7.94. The van der Waals surface area contributed by atoms with Gasteiger partial charge in [0.15, 0.2) is 4.80 Å². The average molecular weight is 592 g/mol. The number of esters is 1. The molecule has 0 aliphatic carbocycles. The first-order chi connectivity index (χ1) is 20.1. The number of hydrogen-bond donors (Lipinski definition) is 0. The number of methoxy groups -OCH3 is 2. The molecule has 0 N–H and O–H groups in total. The van der Waals surface area contributed by atoms with Gasteiger partial charge in [-0.25, -0.2) is 14.2 Å². The van der Waals surface area contributed by atoms with Crippen molar-refractivity contribution in [2.75, 3.05) is 25.7 Å². The molecule has 2 aromatic carbocycles. The summed E-state index contributed by atoms with van der Waals surface area (Å²) < 4.78 is 32.0. The van der Waals surface area contributed by atoms with Gasteiger partial charge in [0.1, 0.15) is 23.4 Å². The molecule has 1 aliphatic rings. The van der Waals surface area contributed by atoms with Crippen LogP contribution < -0.4 is 29.3 Å². The molecule has 2 heterocycles. The quantitative estimate of drug-likeness (QED) is 0.317. The standard InChI is InChI=1S/C32H34FN3O5S/c1-8-19(3)35(23-13-11-22(33)12-14-23)20(4)10-17-27-30(37)36-29(25-16-15-24(39-6)18-26(25)40-7)28(31(38)41-9-2)21(5)34-32(36)42-27/h8,10-18,29H,9H2,1-7H3/b19-8+,20-10-,27-17-/t29-/m1/s1. The molecule has 0 saturated heterocycles. The van der Waals surface area contributed by atoms with E-state index in [1.54, 1.807) is 57.4 Å². The highest BCUT2D eigenvalue weighted by Crippen LogP contribution is 2.37. The third-order valence-electron chi connectivity index (χ3n) is 6.94. The Morgan fingerprint density at radius 3 is 2.45 bits per heavy atom. The fourth-order valence-corrected chi connectivity index (χ4v) is 5.81. The summed E-state index contributed by atoms with van der Waals surface area (Å²) in [6.07, 6.45) is 5.53. The Balaban J connectivity index is 1.90. The van der Waals surface area contributed by atoms with Crippen LogP contribution in [0.3, 0.4) is 0 Å². The summed E-state index contributed by atoms with van der Waals surface area (Å²) in [4.78, 5) is 34.2. The lowest BCUT2D eigenvalue weighted by atomic mass is 9.95. The van der Waals surface area contributed by atoms with E-state index in [0.29, 0.717) is 32.1 Å². The number of allylic oxidation sites excluding steroid dienone is 5. The predicted octanol–water partition coefficient (Wildman–Crippen LogP) is 5.24. The van der Waals surface area contributed by atoms with Crippen LogP contribution in [0.25, 0.3) is 6.08 Å². The zero-order chi connectivity index (χ0) is 30.6. The van der Waals surface area contributed by atoms with E-state index in [1.165, 1.54) is 35.1 Å². The van der Waals surface area contributed by atoms with Gasteiger partial charge in [0.05, 0.1) is 36.6 Å². The molecular weight excluding hydrogens is 557 g/mol. The van der Waals surface area contributed by atoms with Crippen molar-refractivity contribution in [3.63, 3.8) is 0 Å². The zero-order valence-corrected chi connectivity index (χ0v) is 25.5. The summed E-state index contributed by atoms with van der Waals surface area (Å²) in [5.74, 6) is 0.158. The summed E-state index contributed by atoms with van der Waals surface area (Å²) in [7, 11) is 3.08. The van der Waals surface area contributed by atoms with E-state index in [9.17, 15) is 14.0 Å². The molecule has 1 aromatic heterocycles. The van der Waals surface area contributed by atoms with Gasteiger partial charge >= 0.3 is 5.97 Å². The second-order valence-corrected chi connectivity index (χ2v) is 10.5. The number of rotatable bonds is 9. The van der Waals surface area contributed by atoms with Crippen LogP contribution in [-0.4, -0.2) is 31.4 Å². The largest absolute Gasteiger partial charge is 0.497 e. The highest BCUT2D eigenvalue weighted by molar-refractivity contribution is 7.07. The molecular formula is C32H34FN3O5S. The Morgan fingerprint density at radius 1 is 1.12 bits per heavy atom. The van der Waals surface area contributed by atoms with Crippen molar-refractivity contribution in [1.29, 1.82) is 0 Å². The lowest BCUT2D eigenvalue weighted by Gasteiger charge is -2.26. The van der Waals surface area contributed by atoms with Crippen molar-refractivity contribution in [3.05, 3.63) is 108 Å². The van der Waals surface area contributed by atoms with E-state index in [4.69, 9.17) is 14.2 Å². The molecule has 0 saturated carbocycles. The molecule has 0 bridgehead atoms. The van der Waals surface area contributed by atoms with Crippen LogP contribution in [0.15, 0.2) is 87.1 Å². The first-order valence-electron chi connectivity index (χ1n) is 13.4. The monoisotopic (exact) mass is 591 g/mol. The molecule has 3 aromatic rings. The summed E-state index contributed by atoms with van der Waals surface area (Å²) in [5.41, 5.74) is 3.56. The minimum atomic E-state index is -0.825. The van der Waals surface area contributed by atoms with E-state index < -0.39 is 12.0 Å². The molecule has 8 nitrogen and oxygen atoms in total. The lowest BCUT2D eigenvalue weighted by Crippen LogP contribution is -2.40. The van der Waals surface area contributed by atoms with Crippen LogP contribution in [-0.2, 0) is 9.53 Å². The van der Waals surface area contributed by atoms with Crippen molar-refractivity contribution in [3.8, 4) is 11.5 Å². The summed E-state index contributed by atoms with van der Waals surface area (Å²) in [6.45, 7) is 9.43. The summed E-state index contributed by atoms with van der Waals surface area (Å²) >= 11 is 1.23. The first-order valence-corrected chi connectivity index (χ1v) is 14.2. The maximum absolute atomic E-state index is 14.0. The molecule has 1 atom stereocenters. The number of fused-ring (bicyclic) bond motifs is 1. The maximum atomic E-state index is 14.0. The second kappa shape index (κ2) is 13.0. The van der Waals surface area contributed by atoms with Gasteiger partial charge in [-0.05, 0) is 83.2 Å². The van der Waals surface area contributed by atoms with Crippen molar-refractivity contribution >= 4 is 29.1 Å². The Labute approximate surface area is 248 Å². The van der Waals surface area contributed by atoms with Crippen molar-refractivity contribution in [2.45, 2.75) is 40.7 Å². The second-order valence-electron chi connectivity index (χ2n) is 9.48. The highest BCUT2D eigenvalue weighted by atomic mass is 32.1. The molecule has 0 amide bonds. The van der Waals surface area contributed by atoms with Crippen LogP contribution in [0.4, 0.5) is 10.1 Å². The van der Waals surface area contributed by atoms with E-state index in [2.05, 4.69) is 4.99 Å². The first kappa shape index (κ1) is 30.5. The number of hydrogen-bond acceptors (Lipinski definition) is 8. The Bertz CT molecular complexity index is 1770. The minimum absolute atomic E-state index is 0.173. The van der Waals surface area contributed by atoms with Crippen molar-refractivity contribution in [2.24, 2.45) is 4.99 Å². The lowest BCUT2D eigenvalue weighted by molar-refractivity contribution is -0.139. The molecule has 1 aliphatic heterocycles. The fraction of sp³-hybridized carbons (Fsp3) is 0.281. The van der Waals surface area contributed by atoms with Crippen LogP contribution >= 0.6 is 11.3 Å². The number of carbonyl (C=O) groups excluding carboxylic acids is 1. The van der Waals surface area contributed by atoms with Gasteiger partial charge in [-0.15, -0.1) is 0 Å². The molecule has 0 fully saturated rings. The molecule has 10 heteroatoms. The summed E-state index contributed by atoms with van der Waals surface area (Å²) in [5, 5.41) is 0. The van der Waals surface area contributed by atoms with Crippen LogP contribution in [0.5, 0.6) is 11.5 Å². The van der Waals surface area contributed by atoms with Gasteiger partial charge in [-0.3, -0.25) is 9.36 Å². The number of anilines is 1. The Kier molecular flexibility index (Phi) is 9.47. The van der Waals surface area contributed by atoms with Gasteiger partial charge in [-0.1, -0.05) is 17.4 Å². The van der Waals surface area contributed by atoms with E-state index >= 15 is 0 Å². The highest BCUT2D eigenvalue weighted by Gasteiger charge is 2.35. The van der Waals surface area contributed by atoms with Crippen molar-refractivity contribution in [1.82, 2.24) is 4.57 Å². The molecule has 220 valence electrons. The molecule has 0 unspecified atom stereocenters. The maximum Gasteiger partial charge on any atom is 0.338 e. The number of benzene rings is 2. The van der Waals surface area contributed by atoms with Gasteiger partial charge < -0.3 is 19.1 Å². The van der Waals surface area contributed by atoms with Gasteiger partial charge in [0.2, 0.25) is 0 Å². The molecule has 0 radical (unpaired) electrons. The minimum Gasteiger partial charge on any atom is -0.497 e. The smallest absolute Gasteiger partial charge is 0.338 e. The number of ether oxygens (including phenoxy) is 3. The molecule has 0 spiro atoms. The fourth-order valence-electron chi connectivity index (χ4n) is 4.82. The van der Waals surface area contributed by atoms with E-state index in [1.807, 2.05) is 37.8 Å². The van der Waals surface area contributed by atoms with E-state index in [0.717, 1.165) is 17.1 Å². The average Bonchev–Trinajstić information content (AvgIpc) is 3.30. The van der Waals surface area contributed by atoms with Crippen molar-refractivity contribution < 1.29 is 23.4 Å². The van der Waals surface area contributed by atoms with Crippen LogP contribution in [0.1, 0.15) is 46.2 Å². The predicted molar refractivity (Wildman–Crippen MR) is 163 cm³/mol. The van der Waals surface area contributed by atoms with Gasteiger partial charge in [-0.2, -0.15) is 0 Å². The number of halogens is 1. The van der Waals surface area contributed by atoms with E-state index in [-0.39, 0.29) is 23.6 Å². The Morgan fingerprint density at radius 2 is 1.83 bits per heavy atom. The number of aromatic nitrogens is 1. The van der Waals surface area contributed by atoms with Crippen LogP contribution in [0.2, 0.25) is 0 Å². The molecule has 42 heavy (non-hydrogen) atoms. The number of nitrogens with zero attached hydrogens (tertiary/aromatic N) is 3. The van der Waals surface area contributed by atoms with Crippen LogP contribution in [0, 0.1) is 5.82 Å². The molecule has 4 rings (SSSR count). The van der Waals surface area contributed by atoms with Gasteiger partial charge in [0.25, 0.3) is 5.56 Å². The SMILES string of the molecule is C/C=C(\C)N(/C(C)=C\C=c1/sc2n(c1=O)[C@H](c1ccc(OC)cc1OC)C(C(=O)OCC)=C(C)N=2)c1ccc(F)cc1. The Hall–Kier alpha value is -4.44. The third kappa shape index (κ3) is 5.94.